The molecule has 0 aromatic heterocycles. The van der Waals surface area contributed by atoms with E-state index in [1.807, 2.05) is 13.8 Å². The van der Waals surface area contributed by atoms with E-state index in [2.05, 4.69) is 5.32 Å². The van der Waals surface area contributed by atoms with Crippen LogP contribution in [0, 0.1) is 0 Å². The van der Waals surface area contributed by atoms with Crippen molar-refractivity contribution in [3.8, 4) is 0 Å². The molecule has 0 aliphatic carbocycles. The van der Waals surface area contributed by atoms with Gasteiger partial charge in [0.2, 0.25) is 11.8 Å². The largest absolute Gasteiger partial charge is 0.352 e. The van der Waals surface area contributed by atoms with Crippen LogP contribution in [0.1, 0.15) is 31.9 Å². The summed E-state index contributed by atoms with van der Waals surface area (Å²) in [5, 5.41) is 4.56. The fourth-order valence-corrected chi connectivity index (χ4v) is 3.54. The van der Waals surface area contributed by atoms with Gasteiger partial charge in [-0.15, -0.1) is 0 Å². The van der Waals surface area contributed by atoms with Crippen molar-refractivity contribution in [3.63, 3.8) is 0 Å². The van der Waals surface area contributed by atoms with Gasteiger partial charge in [0.1, 0.15) is 6.04 Å². The minimum absolute atomic E-state index is 0.0453. The fraction of sp³-hybridized carbons (Fsp3) is 0.333. The molecule has 1 N–H and O–H groups in total. The van der Waals surface area contributed by atoms with Gasteiger partial charge in [0, 0.05) is 22.6 Å². The molecule has 2 rings (SSSR count). The molecule has 2 aromatic rings. The second kappa shape index (κ2) is 10.5. The summed E-state index contributed by atoms with van der Waals surface area (Å²) < 4.78 is 0. The Bertz CT molecular complexity index is 902. The third-order valence-corrected chi connectivity index (χ3v) is 5.62. The quantitative estimate of drug-likeness (QED) is 0.551. The SMILES string of the molecule is CC(C)NC(=O)C(C)N(Cc1ccc(Cl)cc1Cl)C(=O)Cc1ccc(Cl)c(Cl)c1. The summed E-state index contributed by atoms with van der Waals surface area (Å²) in [6.45, 7) is 5.59. The highest BCUT2D eigenvalue weighted by Crippen LogP contribution is 2.25. The fourth-order valence-electron chi connectivity index (χ4n) is 2.75. The van der Waals surface area contributed by atoms with Crippen LogP contribution in [0.15, 0.2) is 36.4 Å². The van der Waals surface area contributed by atoms with E-state index in [0.717, 1.165) is 0 Å². The van der Waals surface area contributed by atoms with E-state index in [4.69, 9.17) is 46.4 Å². The van der Waals surface area contributed by atoms with Gasteiger partial charge < -0.3 is 10.2 Å². The van der Waals surface area contributed by atoms with Crippen LogP contribution in [0.2, 0.25) is 20.1 Å². The summed E-state index contributed by atoms with van der Waals surface area (Å²) in [4.78, 5) is 27.2. The van der Waals surface area contributed by atoms with E-state index in [-0.39, 0.29) is 30.8 Å². The average molecular weight is 476 g/mol. The standard InChI is InChI=1S/C21H22Cl4N2O2/c1-12(2)26-21(29)13(3)27(11-15-5-6-16(22)10-18(15)24)20(28)9-14-4-7-17(23)19(25)8-14/h4-8,10,12-13H,9,11H2,1-3H3,(H,26,29). The molecule has 0 spiro atoms. The van der Waals surface area contributed by atoms with Gasteiger partial charge in [-0.25, -0.2) is 0 Å². The molecule has 8 heteroatoms. The number of benzene rings is 2. The minimum atomic E-state index is -0.695. The summed E-state index contributed by atoms with van der Waals surface area (Å²) in [7, 11) is 0. The van der Waals surface area contributed by atoms with Crippen LogP contribution >= 0.6 is 46.4 Å². The van der Waals surface area contributed by atoms with E-state index in [1.165, 1.54) is 4.90 Å². The van der Waals surface area contributed by atoms with E-state index in [9.17, 15) is 9.59 Å². The smallest absolute Gasteiger partial charge is 0.242 e. The molecule has 0 saturated carbocycles. The normalized spacial score (nSPS) is 12.0. The molecule has 1 atom stereocenters. The Labute approximate surface area is 191 Å². The Morgan fingerprint density at radius 1 is 0.931 bits per heavy atom. The molecule has 0 saturated heterocycles. The molecule has 4 nitrogen and oxygen atoms in total. The summed E-state index contributed by atoms with van der Waals surface area (Å²) >= 11 is 24.3. The van der Waals surface area contributed by atoms with Crippen LogP contribution in [0.25, 0.3) is 0 Å². The van der Waals surface area contributed by atoms with Gasteiger partial charge >= 0.3 is 0 Å². The summed E-state index contributed by atoms with van der Waals surface area (Å²) in [5.74, 6) is -0.478. The van der Waals surface area contributed by atoms with Crippen molar-refractivity contribution in [2.24, 2.45) is 0 Å². The van der Waals surface area contributed by atoms with Crippen molar-refractivity contribution in [2.45, 2.75) is 45.8 Å². The maximum atomic E-state index is 13.1. The first kappa shape index (κ1) is 23.8. The molecule has 29 heavy (non-hydrogen) atoms. The third-order valence-electron chi connectivity index (χ3n) is 4.29. The number of nitrogens with one attached hydrogen (secondary N) is 1. The molecule has 2 amide bonds. The number of carbonyl (C=O) groups excluding carboxylic acids is 2. The highest BCUT2D eigenvalue weighted by Gasteiger charge is 2.27. The Hall–Kier alpha value is -1.46. The third kappa shape index (κ3) is 6.78. The lowest BCUT2D eigenvalue weighted by Crippen LogP contribution is -2.49. The molecule has 0 heterocycles. The lowest BCUT2D eigenvalue weighted by molar-refractivity contribution is -0.140. The zero-order valence-electron chi connectivity index (χ0n) is 16.3. The van der Waals surface area contributed by atoms with Crippen LogP contribution in [0.4, 0.5) is 0 Å². The predicted molar refractivity (Wildman–Crippen MR) is 120 cm³/mol. The molecule has 0 bridgehead atoms. The number of nitrogens with zero attached hydrogens (tertiary/aromatic N) is 1. The predicted octanol–water partition coefficient (Wildman–Crippen LogP) is 5.78. The van der Waals surface area contributed by atoms with Crippen LogP contribution in [0.5, 0.6) is 0 Å². The number of hydrogen-bond donors (Lipinski definition) is 1. The number of carbonyl (C=O) groups is 2. The van der Waals surface area contributed by atoms with E-state index in [0.29, 0.717) is 31.2 Å². The maximum absolute atomic E-state index is 13.1. The molecule has 0 radical (unpaired) electrons. The summed E-state index contributed by atoms with van der Waals surface area (Å²) in [6.07, 6.45) is 0.0708. The van der Waals surface area contributed by atoms with Crippen molar-refractivity contribution in [2.75, 3.05) is 0 Å². The molecular formula is C21H22Cl4N2O2. The Morgan fingerprint density at radius 3 is 2.21 bits per heavy atom. The Kier molecular flexibility index (Phi) is 8.65. The van der Waals surface area contributed by atoms with Crippen LogP contribution < -0.4 is 5.32 Å². The average Bonchev–Trinajstić information content (AvgIpc) is 2.63. The lowest BCUT2D eigenvalue weighted by atomic mass is 10.1. The monoisotopic (exact) mass is 474 g/mol. The van der Waals surface area contributed by atoms with Crippen molar-refractivity contribution >= 4 is 58.2 Å². The first-order valence-corrected chi connectivity index (χ1v) is 10.6. The van der Waals surface area contributed by atoms with Crippen molar-refractivity contribution < 1.29 is 9.59 Å². The number of rotatable bonds is 7. The van der Waals surface area contributed by atoms with Gasteiger partial charge in [0.15, 0.2) is 0 Å². The van der Waals surface area contributed by atoms with Gasteiger partial charge in [0.25, 0.3) is 0 Å². The van der Waals surface area contributed by atoms with Crippen molar-refractivity contribution in [1.82, 2.24) is 10.2 Å². The Balaban J connectivity index is 2.30. The highest BCUT2D eigenvalue weighted by atomic mass is 35.5. The van der Waals surface area contributed by atoms with Crippen molar-refractivity contribution in [1.29, 1.82) is 0 Å². The van der Waals surface area contributed by atoms with Crippen LogP contribution in [0.3, 0.4) is 0 Å². The topological polar surface area (TPSA) is 49.4 Å². The number of halogens is 4. The van der Waals surface area contributed by atoms with E-state index < -0.39 is 6.04 Å². The molecule has 0 aliphatic rings. The first-order valence-electron chi connectivity index (χ1n) is 9.06. The molecule has 156 valence electrons. The summed E-state index contributed by atoms with van der Waals surface area (Å²) in [5.41, 5.74) is 1.40. The number of hydrogen-bond acceptors (Lipinski definition) is 2. The zero-order chi connectivity index (χ0) is 21.7. The van der Waals surface area contributed by atoms with Gasteiger partial charge in [-0.05, 0) is 56.2 Å². The van der Waals surface area contributed by atoms with Crippen LogP contribution in [-0.2, 0) is 22.6 Å². The zero-order valence-corrected chi connectivity index (χ0v) is 19.3. The second-order valence-electron chi connectivity index (χ2n) is 7.02. The summed E-state index contributed by atoms with van der Waals surface area (Å²) in [6, 6.07) is 9.34. The molecule has 0 aliphatic heterocycles. The van der Waals surface area contributed by atoms with Gasteiger partial charge in [-0.3, -0.25) is 9.59 Å². The molecule has 1 unspecified atom stereocenters. The Morgan fingerprint density at radius 2 is 1.62 bits per heavy atom. The molecule has 0 fully saturated rings. The second-order valence-corrected chi connectivity index (χ2v) is 8.68. The van der Waals surface area contributed by atoms with E-state index in [1.54, 1.807) is 43.3 Å². The van der Waals surface area contributed by atoms with Gasteiger partial charge in [-0.2, -0.15) is 0 Å². The lowest BCUT2D eigenvalue weighted by Gasteiger charge is -2.30. The van der Waals surface area contributed by atoms with Gasteiger partial charge in [0.05, 0.1) is 16.5 Å². The minimum Gasteiger partial charge on any atom is -0.352 e. The first-order chi connectivity index (χ1) is 13.6. The van der Waals surface area contributed by atoms with Gasteiger partial charge in [-0.1, -0.05) is 58.5 Å². The van der Waals surface area contributed by atoms with Crippen molar-refractivity contribution in [3.05, 3.63) is 67.6 Å². The maximum Gasteiger partial charge on any atom is 0.242 e. The molecular weight excluding hydrogens is 454 g/mol. The van der Waals surface area contributed by atoms with E-state index >= 15 is 0 Å². The number of amides is 2. The van der Waals surface area contributed by atoms with Crippen LogP contribution in [-0.4, -0.2) is 28.8 Å². The highest BCUT2D eigenvalue weighted by molar-refractivity contribution is 6.42. The molecule has 2 aromatic carbocycles.